The van der Waals surface area contributed by atoms with Crippen molar-refractivity contribution in [1.82, 2.24) is 19.9 Å². The molecular formula is C22H25N5O4. The van der Waals surface area contributed by atoms with Gasteiger partial charge in [0.25, 0.3) is 0 Å². The fourth-order valence-corrected chi connectivity index (χ4v) is 3.32. The van der Waals surface area contributed by atoms with Crippen LogP contribution < -0.4 is 9.64 Å². The molecule has 3 aromatic heterocycles. The van der Waals surface area contributed by atoms with Crippen LogP contribution in [-0.2, 0) is 16.1 Å². The SMILES string of the molecule is CC(C)(C)OC(=O)N1CCN(c2c[nH]c3nc(OCc4ccccn4)ccc23)C(=O)C1. The number of hydrogen-bond donors (Lipinski definition) is 1. The van der Waals surface area contributed by atoms with E-state index in [0.717, 1.165) is 16.8 Å². The number of aromatic amines is 1. The van der Waals surface area contributed by atoms with Gasteiger partial charge in [0.05, 0.1) is 11.4 Å². The molecule has 0 radical (unpaired) electrons. The molecule has 0 bridgehead atoms. The average molecular weight is 423 g/mol. The summed E-state index contributed by atoms with van der Waals surface area (Å²) in [6, 6.07) is 9.27. The highest BCUT2D eigenvalue weighted by molar-refractivity contribution is 6.04. The van der Waals surface area contributed by atoms with Crippen molar-refractivity contribution in [3.63, 3.8) is 0 Å². The van der Waals surface area contributed by atoms with Gasteiger partial charge in [0, 0.05) is 36.9 Å². The van der Waals surface area contributed by atoms with Crippen LogP contribution in [-0.4, -0.2) is 57.1 Å². The molecule has 0 aliphatic carbocycles. The number of H-pyrrole nitrogens is 1. The Balaban J connectivity index is 1.44. The molecule has 162 valence electrons. The molecule has 0 spiro atoms. The molecule has 2 amide bonds. The molecule has 1 N–H and O–H groups in total. The highest BCUT2D eigenvalue weighted by atomic mass is 16.6. The Morgan fingerprint density at radius 1 is 1.19 bits per heavy atom. The molecule has 0 aromatic carbocycles. The van der Waals surface area contributed by atoms with Crippen LogP contribution in [0.2, 0.25) is 0 Å². The summed E-state index contributed by atoms with van der Waals surface area (Å²) in [7, 11) is 0. The third kappa shape index (κ3) is 4.76. The van der Waals surface area contributed by atoms with E-state index in [1.807, 2.05) is 24.3 Å². The van der Waals surface area contributed by atoms with Crippen LogP contribution in [0.1, 0.15) is 26.5 Å². The second-order valence-corrected chi connectivity index (χ2v) is 8.28. The van der Waals surface area contributed by atoms with Crippen LogP contribution in [0.25, 0.3) is 11.0 Å². The first-order chi connectivity index (χ1) is 14.8. The van der Waals surface area contributed by atoms with Crippen LogP contribution >= 0.6 is 0 Å². The minimum atomic E-state index is -0.601. The normalized spacial score (nSPS) is 14.7. The van der Waals surface area contributed by atoms with Gasteiger partial charge < -0.3 is 19.4 Å². The van der Waals surface area contributed by atoms with Gasteiger partial charge in [-0.05, 0) is 39.0 Å². The van der Waals surface area contributed by atoms with E-state index in [-0.39, 0.29) is 12.5 Å². The number of nitrogens with one attached hydrogen (secondary N) is 1. The second kappa shape index (κ2) is 8.25. The number of carbonyl (C=O) groups excluding carboxylic acids is 2. The summed E-state index contributed by atoms with van der Waals surface area (Å²) in [5.74, 6) is 0.293. The number of anilines is 1. The number of pyridine rings is 2. The Kier molecular flexibility index (Phi) is 5.50. The van der Waals surface area contributed by atoms with E-state index in [9.17, 15) is 9.59 Å². The number of rotatable bonds is 4. The van der Waals surface area contributed by atoms with E-state index in [2.05, 4.69) is 15.0 Å². The van der Waals surface area contributed by atoms with Gasteiger partial charge in [-0.1, -0.05) is 6.07 Å². The number of aromatic nitrogens is 3. The quantitative estimate of drug-likeness (QED) is 0.692. The Hall–Kier alpha value is -3.62. The van der Waals surface area contributed by atoms with Crippen molar-refractivity contribution < 1.29 is 19.1 Å². The van der Waals surface area contributed by atoms with Crippen LogP contribution in [0.4, 0.5) is 10.5 Å². The van der Waals surface area contributed by atoms with Crippen LogP contribution in [0.5, 0.6) is 5.88 Å². The van der Waals surface area contributed by atoms with E-state index in [4.69, 9.17) is 9.47 Å². The molecule has 1 saturated heterocycles. The number of fused-ring (bicyclic) bond motifs is 1. The van der Waals surface area contributed by atoms with Crippen molar-refractivity contribution in [3.05, 3.63) is 48.4 Å². The largest absolute Gasteiger partial charge is 0.471 e. The Labute approximate surface area is 180 Å². The summed E-state index contributed by atoms with van der Waals surface area (Å²) in [5, 5.41) is 0.809. The minimum Gasteiger partial charge on any atom is -0.471 e. The molecule has 0 atom stereocenters. The molecule has 1 fully saturated rings. The van der Waals surface area contributed by atoms with Gasteiger partial charge in [0.1, 0.15) is 24.4 Å². The molecule has 0 saturated carbocycles. The highest BCUT2D eigenvalue weighted by Crippen LogP contribution is 2.29. The topological polar surface area (TPSA) is 101 Å². The first-order valence-corrected chi connectivity index (χ1v) is 10.1. The lowest BCUT2D eigenvalue weighted by molar-refractivity contribution is -0.121. The van der Waals surface area contributed by atoms with Crippen LogP contribution in [0.3, 0.4) is 0 Å². The van der Waals surface area contributed by atoms with E-state index in [1.165, 1.54) is 4.90 Å². The van der Waals surface area contributed by atoms with Gasteiger partial charge in [-0.2, -0.15) is 4.98 Å². The summed E-state index contributed by atoms with van der Waals surface area (Å²) in [6.45, 7) is 6.47. The molecule has 9 nitrogen and oxygen atoms in total. The van der Waals surface area contributed by atoms with Crippen molar-refractivity contribution in [1.29, 1.82) is 0 Å². The highest BCUT2D eigenvalue weighted by Gasteiger charge is 2.32. The fourth-order valence-electron chi connectivity index (χ4n) is 3.32. The first kappa shape index (κ1) is 20.6. The summed E-state index contributed by atoms with van der Waals surface area (Å²) in [5.41, 5.74) is 1.56. The smallest absolute Gasteiger partial charge is 0.410 e. The third-order valence-electron chi connectivity index (χ3n) is 4.75. The Bertz CT molecular complexity index is 1090. The second-order valence-electron chi connectivity index (χ2n) is 8.28. The zero-order valence-corrected chi connectivity index (χ0v) is 17.8. The third-order valence-corrected chi connectivity index (χ3v) is 4.75. The van der Waals surface area contributed by atoms with Crippen molar-refractivity contribution in [2.45, 2.75) is 33.0 Å². The molecular weight excluding hydrogens is 398 g/mol. The Morgan fingerprint density at radius 3 is 2.74 bits per heavy atom. The molecule has 31 heavy (non-hydrogen) atoms. The predicted octanol–water partition coefficient (Wildman–Crippen LogP) is 3.12. The summed E-state index contributed by atoms with van der Waals surface area (Å²) < 4.78 is 11.1. The molecule has 0 unspecified atom stereocenters. The molecule has 1 aliphatic heterocycles. The van der Waals surface area contributed by atoms with E-state index in [0.29, 0.717) is 31.2 Å². The zero-order chi connectivity index (χ0) is 22.0. The molecule has 4 heterocycles. The number of piperazine rings is 1. The molecule has 1 aliphatic rings. The maximum atomic E-state index is 12.8. The van der Waals surface area contributed by atoms with Crippen LogP contribution in [0, 0.1) is 0 Å². The lowest BCUT2D eigenvalue weighted by Crippen LogP contribution is -2.53. The molecule has 4 rings (SSSR count). The van der Waals surface area contributed by atoms with Gasteiger partial charge in [0.15, 0.2) is 0 Å². The van der Waals surface area contributed by atoms with Crippen molar-refractivity contribution in [3.8, 4) is 5.88 Å². The van der Waals surface area contributed by atoms with E-state index >= 15 is 0 Å². The predicted molar refractivity (Wildman–Crippen MR) is 115 cm³/mol. The minimum absolute atomic E-state index is 0.0275. The summed E-state index contributed by atoms with van der Waals surface area (Å²) in [6.07, 6.45) is 2.99. The van der Waals surface area contributed by atoms with Crippen molar-refractivity contribution in [2.75, 3.05) is 24.5 Å². The van der Waals surface area contributed by atoms with E-state index < -0.39 is 11.7 Å². The van der Waals surface area contributed by atoms with E-state index in [1.54, 1.807) is 44.1 Å². The van der Waals surface area contributed by atoms with Gasteiger partial charge >= 0.3 is 6.09 Å². The fraction of sp³-hybridized carbons (Fsp3) is 0.364. The maximum Gasteiger partial charge on any atom is 0.410 e. The zero-order valence-electron chi connectivity index (χ0n) is 17.8. The summed E-state index contributed by atoms with van der Waals surface area (Å²) in [4.78, 5) is 39.9. The number of hydrogen-bond acceptors (Lipinski definition) is 6. The summed E-state index contributed by atoms with van der Waals surface area (Å²) >= 11 is 0. The lowest BCUT2D eigenvalue weighted by Gasteiger charge is -2.34. The monoisotopic (exact) mass is 423 g/mol. The van der Waals surface area contributed by atoms with Crippen LogP contribution in [0.15, 0.2) is 42.7 Å². The Morgan fingerprint density at radius 2 is 2.03 bits per heavy atom. The van der Waals surface area contributed by atoms with Crippen molar-refractivity contribution in [2.24, 2.45) is 0 Å². The van der Waals surface area contributed by atoms with Gasteiger partial charge in [-0.15, -0.1) is 0 Å². The molecule has 9 heteroatoms. The number of nitrogens with zero attached hydrogens (tertiary/aromatic N) is 4. The van der Waals surface area contributed by atoms with Gasteiger partial charge in [-0.25, -0.2) is 4.79 Å². The maximum absolute atomic E-state index is 12.8. The number of carbonyl (C=O) groups is 2. The standard InChI is InChI=1S/C22H25N5O4/c1-22(2,3)31-21(29)26-10-11-27(19(28)13-26)17-12-24-20-16(17)7-8-18(25-20)30-14-15-6-4-5-9-23-15/h4-9,12H,10-11,13-14H2,1-3H3,(H,24,25). The van der Waals surface area contributed by atoms with Gasteiger partial charge in [0.2, 0.25) is 11.8 Å². The number of ether oxygens (including phenoxy) is 2. The van der Waals surface area contributed by atoms with Crippen molar-refractivity contribution >= 4 is 28.7 Å². The lowest BCUT2D eigenvalue weighted by atomic mass is 10.2. The molecule has 3 aromatic rings. The first-order valence-electron chi connectivity index (χ1n) is 10.1. The average Bonchev–Trinajstić information content (AvgIpc) is 3.15. The number of amides is 2. The van der Waals surface area contributed by atoms with Gasteiger partial charge in [-0.3, -0.25) is 14.7 Å².